The number of nitro groups is 1. The quantitative estimate of drug-likeness (QED) is 0.449. The zero-order valence-corrected chi connectivity index (χ0v) is 11.5. The first-order valence-electron chi connectivity index (χ1n) is 5.97. The standard InChI is InChI=1S/C11H16N4O5/c1-4-20-10(17)5-12-9(16)6-14-8(3)11(15(18)19)7(2)13-14/h4-6H2,1-3H3,(H,12,16). The third-order valence-electron chi connectivity index (χ3n) is 2.55. The van der Waals surface area contributed by atoms with E-state index in [0.717, 1.165) is 0 Å². The van der Waals surface area contributed by atoms with Crippen molar-refractivity contribution in [2.45, 2.75) is 27.3 Å². The Balaban J connectivity index is 2.65. The summed E-state index contributed by atoms with van der Waals surface area (Å²) in [5, 5.41) is 17.1. The van der Waals surface area contributed by atoms with Crippen LogP contribution in [0.25, 0.3) is 0 Å². The summed E-state index contributed by atoms with van der Waals surface area (Å²) < 4.78 is 5.89. The van der Waals surface area contributed by atoms with Gasteiger partial charge < -0.3 is 10.1 Å². The van der Waals surface area contributed by atoms with Crippen molar-refractivity contribution in [1.82, 2.24) is 15.1 Å². The van der Waals surface area contributed by atoms with Gasteiger partial charge in [0.2, 0.25) is 5.91 Å². The second-order valence-corrected chi connectivity index (χ2v) is 4.02. The van der Waals surface area contributed by atoms with Crippen LogP contribution in [0, 0.1) is 24.0 Å². The maximum atomic E-state index is 11.6. The summed E-state index contributed by atoms with van der Waals surface area (Å²) in [5.74, 6) is -1.02. The summed E-state index contributed by atoms with van der Waals surface area (Å²) in [4.78, 5) is 33.0. The first-order valence-corrected chi connectivity index (χ1v) is 5.97. The molecule has 9 heteroatoms. The normalized spacial score (nSPS) is 10.2. The molecule has 0 bridgehead atoms. The third-order valence-corrected chi connectivity index (χ3v) is 2.55. The molecule has 0 aliphatic carbocycles. The molecule has 1 heterocycles. The Morgan fingerprint density at radius 2 is 2.10 bits per heavy atom. The fourth-order valence-electron chi connectivity index (χ4n) is 1.68. The van der Waals surface area contributed by atoms with Crippen LogP contribution >= 0.6 is 0 Å². The Morgan fingerprint density at radius 3 is 2.60 bits per heavy atom. The molecule has 110 valence electrons. The molecule has 0 saturated heterocycles. The molecule has 0 aromatic carbocycles. The summed E-state index contributed by atoms with van der Waals surface area (Å²) in [6.45, 7) is 4.47. The van der Waals surface area contributed by atoms with E-state index >= 15 is 0 Å². The van der Waals surface area contributed by atoms with Gasteiger partial charge in [0.1, 0.15) is 24.5 Å². The summed E-state index contributed by atoms with van der Waals surface area (Å²) in [7, 11) is 0. The predicted octanol–water partition coefficient (Wildman–Crippen LogP) is 0.0874. The molecule has 1 aromatic rings. The van der Waals surface area contributed by atoms with Gasteiger partial charge in [0.05, 0.1) is 11.5 Å². The van der Waals surface area contributed by atoms with E-state index in [1.165, 1.54) is 18.5 Å². The van der Waals surface area contributed by atoms with Crippen molar-refractivity contribution < 1.29 is 19.2 Å². The van der Waals surface area contributed by atoms with E-state index in [0.29, 0.717) is 5.69 Å². The van der Waals surface area contributed by atoms with Crippen molar-refractivity contribution in [2.24, 2.45) is 0 Å². The highest BCUT2D eigenvalue weighted by Crippen LogP contribution is 2.21. The smallest absolute Gasteiger partial charge is 0.325 e. The van der Waals surface area contributed by atoms with E-state index in [9.17, 15) is 19.7 Å². The van der Waals surface area contributed by atoms with E-state index in [4.69, 9.17) is 0 Å². The molecule has 0 saturated carbocycles. The lowest BCUT2D eigenvalue weighted by Gasteiger charge is -2.06. The molecule has 0 spiro atoms. The molecule has 1 aromatic heterocycles. The number of aromatic nitrogens is 2. The van der Waals surface area contributed by atoms with Gasteiger partial charge >= 0.3 is 11.7 Å². The van der Waals surface area contributed by atoms with Gasteiger partial charge in [0, 0.05) is 0 Å². The summed E-state index contributed by atoms with van der Waals surface area (Å²) in [6, 6.07) is 0. The van der Waals surface area contributed by atoms with E-state index in [2.05, 4.69) is 15.2 Å². The number of carbonyl (C=O) groups excluding carboxylic acids is 2. The molecule has 0 unspecified atom stereocenters. The highest BCUT2D eigenvalue weighted by atomic mass is 16.6. The minimum absolute atomic E-state index is 0.108. The molecular formula is C11H16N4O5. The number of nitrogens with one attached hydrogen (secondary N) is 1. The van der Waals surface area contributed by atoms with Crippen LogP contribution in [0.15, 0.2) is 0 Å². The minimum Gasteiger partial charge on any atom is -0.465 e. The molecule has 0 aliphatic heterocycles. The first kappa shape index (κ1) is 15.6. The fraction of sp³-hybridized carbons (Fsp3) is 0.545. The largest absolute Gasteiger partial charge is 0.465 e. The van der Waals surface area contributed by atoms with Crippen LogP contribution in [0.1, 0.15) is 18.3 Å². The molecule has 0 radical (unpaired) electrons. The number of carbonyl (C=O) groups is 2. The monoisotopic (exact) mass is 284 g/mol. The number of amides is 1. The van der Waals surface area contributed by atoms with E-state index in [1.54, 1.807) is 6.92 Å². The Kier molecular flexibility index (Phi) is 5.18. The Bertz CT molecular complexity index is 537. The SMILES string of the molecule is CCOC(=O)CNC(=O)Cn1nc(C)c([N+](=O)[O-])c1C. The van der Waals surface area contributed by atoms with E-state index < -0.39 is 16.8 Å². The van der Waals surface area contributed by atoms with Crippen LogP contribution in [0.4, 0.5) is 5.69 Å². The average Bonchev–Trinajstić information content (AvgIpc) is 2.62. The van der Waals surface area contributed by atoms with Gasteiger partial charge in [-0.05, 0) is 20.8 Å². The summed E-state index contributed by atoms with van der Waals surface area (Å²) in [6.07, 6.45) is 0. The van der Waals surface area contributed by atoms with E-state index in [-0.39, 0.29) is 31.1 Å². The Hall–Kier alpha value is -2.45. The molecule has 0 aliphatic rings. The minimum atomic E-state index is -0.541. The van der Waals surface area contributed by atoms with Gasteiger partial charge in [0.25, 0.3) is 0 Å². The van der Waals surface area contributed by atoms with Crippen molar-refractivity contribution in [3.05, 3.63) is 21.5 Å². The van der Waals surface area contributed by atoms with Crippen LogP contribution in [0.5, 0.6) is 0 Å². The molecule has 1 rings (SSSR count). The molecule has 0 atom stereocenters. The number of ether oxygens (including phenoxy) is 1. The Labute approximate surface area is 115 Å². The van der Waals surface area contributed by atoms with Gasteiger partial charge in [-0.2, -0.15) is 5.10 Å². The number of hydrogen-bond donors (Lipinski definition) is 1. The summed E-state index contributed by atoms with van der Waals surface area (Å²) in [5.41, 5.74) is 0.424. The van der Waals surface area contributed by atoms with Gasteiger partial charge in [-0.3, -0.25) is 24.4 Å². The maximum Gasteiger partial charge on any atom is 0.325 e. The predicted molar refractivity (Wildman–Crippen MR) is 68.0 cm³/mol. The average molecular weight is 284 g/mol. The van der Waals surface area contributed by atoms with Crippen LogP contribution in [-0.2, 0) is 20.9 Å². The number of hydrogen-bond acceptors (Lipinski definition) is 6. The topological polar surface area (TPSA) is 116 Å². The van der Waals surface area contributed by atoms with Gasteiger partial charge in [-0.15, -0.1) is 0 Å². The molecule has 9 nitrogen and oxygen atoms in total. The molecular weight excluding hydrogens is 268 g/mol. The van der Waals surface area contributed by atoms with Crippen molar-refractivity contribution in [2.75, 3.05) is 13.2 Å². The van der Waals surface area contributed by atoms with Gasteiger partial charge in [-0.1, -0.05) is 0 Å². The van der Waals surface area contributed by atoms with Crippen molar-refractivity contribution in [1.29, 1.82) is 0 Å². The van der Waals surface area contributed by atoms with Crippen molar-refractivity contribution in [3.8, 4) is 0 Å². The highest BCUT2D eigenvalue weighted by molar-refractivity contribution is 5.81. The summed E-state index contributed by atoms with van der Waals surface area (Å²) >= 11 is 0. The highest BCUT2D eigenvalue weighted by Gasteiger charge is 2.22. The van der Waals surface area contributed by atoms with Crippen LogP contribution < -0.4 is 5.32 Å². The second kappa shape index (κ2) is 6.64. The van der Waals surface area contributed by atoms with E-state index in [1.807, 2.05) is 0 Å². The fourth-order valence-corrected chi connectivity index (χ4v) is 1.68. The van der Waals surface area contributed by atoms with Crippen LogP contribution in [-0.4, -0.2) is 39.7 Å². The third kappa shape index (κ3) is 3.77. The lowest BCUT2D eigenvalue weighted by Crippen LogP contribution is -2.33. The molecule has 1 amide bonds. The molecule has 20 heavy (non-hydrogen) atoms. The number of rotatable bonds is 6. The zero-order valence-electron chi connectivity index (χ0n) is 11.5. The van der Waals surface area contributed by atoms with Crippen LogP contribution in [0.2, 0.25) is 0 Å². The van der Waals surface area contributed by atoms with Crippen molar-refractivity contribution >= 4 is 17.6 Å². The number of aryl methyl sites for hydroxylation is 1. The lowest BCUT2D eigenvalue weighted by molar-refractivity contribution is -0.386. The zero-order chi connectivity index (χ0) is 15.3. The Morgan fingerprint density at radius 1 is 1.45 bits per heavy atom. The first-order chi connectivity index (χ1) is 9.36. The molecule has 1 N–H and O–H groups in total. The second-order valence-electron chi connectivity index (χ2n) is 4.02. The van der Waals surface area contributed by atoms with Gasteiger partial charge in [0.15, 0.2) is 0 Å². The maximum absolute atomic E-state index is 11.6. The van der Waals surface area contributed by atoms with Crippen molar-refractivity contribution in [3.63, 3.8) is 0 Å². The number of nitrogens with zero attached hydrogens (tertiary/aromatic N) is 3. The van der Waals surface area contributed by atoms with Crippen LogP contribution in [0.3, 0.4) is 0 Å². The molecule has 0 fully saturated rings. The van der Waals surface area contributed by atoms with Gasteiger partial charge in [-0.25, -0.2) is 0 Å². The lowest BCUT2D eigenvalue weighted by atomic mass is 10.3. The number of esters is 1.